The van der Waals surface area contributed by atoms with Gasteiger partial charge >= 0.3 is 6.18 Å². The van der Waals surface area contributed by atoms with E-state index in [0.29, 0.717) is 26.2 Å². The van der Waals surface area contributed by atoms with Crippen LogP contribution in [0, 0.1) is 0 Å². The summed E-state index contributed by atoms with van der Waals surface area (Å²) >= 11 is 0. The molecule has 2 rings (SSSR count). The molecule has 1 aliphatic rings. The maximum absolute atomic E-state index is 13.4. The van der Waals surface area contributed by atoms with Crippen LogP contribution in [0.25, 0.3) is 0 Å². The van der Waals surface area contributed by atoms with Crippen molar-refractivity contribution >= 4 is 12.4 Å². The Bertz CT molecular complexity index is 422. The number of methoxy groups -OCH3 is 1. The number of rotatable bonds is 3. The summed E-state index contributed by atoms with van der Waals surface area (Å²) in [5, 5.41) is 3.06. The van der Waals surface area contributed by atoms with Gasteiger partial charge in [0.2, 0.25) is 0 Å². The predicted octanol–water partition coefficient (Wildman–Crippen LogP) is 2.63. The number of ether oxygens (including phenoxy) is 1. The molecule has 114 valence electrons. The molecule has 1 aromatic rings. The van der Waals surface area contributed by atoms with Gasteiger partial charge in [-0.25, -0.2) is 0 Å². The minimum atomic E-state index is -4.31. The molecule has 1 N–H and O–H groups in total. The molecule has 1 atom stereocenters. The molecule has 1 fully saturated rings. The first-order valence-electron chi connectivity index (χ1n) is 6.18. The third kappa shape index (κ3) is 3.77. The Hall–Kier alpha value is -0.980. The van der Waals surface area contributed by atoms with Gasteiger partial charge in [-0.05, 0) is 6.07 Å². The number of halogens is 4. The van der Waals surface area contributed by atoms with Crippen LogP contribution in [0.5, 0.6) is 5.75 Å². The fourth-order valence-corrected chi connectivity index (χ4v) is 2.41. The summed E-state index contributed by atoms with van der Waals surface area (Å²) in [5.74, 6) is 0.281. The van der Waals surface area contributed by atoms with Gasteiger partial charge in [0.05, 0.1) is 7.11 Å². The summed E-state index contributed by atoms with van der Waals surface area (Å²) in [5.41, 5.74) is 0.180. The first-order chi connectivity index (χ1) is 9.04. The van der Waals surface area contributed by atoms with Crippen molar-refractivity contribution in [2.24, 2.45) is 0 Å². The molecule has 0 amide bonds. The van der Waals surface area contributed by atoms with Gasteiger partial charge in [-0.1, -0.05) is 18.2 Å². The van der Waals surface area contributed by atoms with E-state index in [2.05, 4.69) is 5.32 Å². The van der Waals surface area contributed by atoms with Crippen LogP contribution in [0.2, 0.25) is 0 Å². The molecule has 0 radical (unpaired) electrons. The normalized spacial score (nSPS) is 18.2. The van der Waals surface area contributed by atoms with Crippen LogP contribution < -0.4 is 10.1 Å². The molecule has 0 aliphatic carbocycles. The smallest absolute Gasteiger partial charge is 0.408 e. The molecule has 1 aliphatic heterocycles. The molecule has 1 heterocycles. The first kappa shape index (κ1) is 17.1. The summed E-state index contributed by atoms with van der Waals surface area (Å²) in [6.07, 6.45) is -4.31. The second-order valence-electron chi connectivity index (χ2n) is 4.47. The summed E-state index contributed by atoms with van der Waals surface area (Å²) in [6, 6.07) is 4.73. The van der Waals surface area contributed by atoms with Gasteiger partial charge in [0.1, 0.15) is 11.8 Å². The molecule has 1 saturated heterocycles. The molecule has 0 saturated carbocycles. The average Bonchev–Trinajstić information content (AvgIpc) is 2.39. The Labute approximate surface area is 122 Å². The van der Waals surface area contributed by atoms with E-state index in [4.69, 9.17) is 4.74 Å². The molecule has 0 spiro atoms. The van der Waals surface area contributed by atoms with Gasteiger partial charge in [-0.3, -0.25) is 4.90 Å². The summed E-state index contributed by atoms with van der Waals surface area (Å²) in [4.78, 5) is 1.45. The van der Waals surface area contributed by atoms with Crippen LogP contribution in [-0.2, 0) is 0 Å². The van der Waals surface area contributed by atoms with Crippen molar-refractivity contribution in [1.29, 1.82) is 0 Å². The summed E-state index contributed by atoms with van der Waals surface area (Å²) in [6.45, 7) is 1.90. The fraction of sp³-hybridized carbons (Fsp3) is 0.538. The standard InChI is InChI=1S/C13H17F3N2O.ClH/c1-19-11-5-3-2-4-10(11)12(13(14,15)16)18-8-6-17-7-9-18;/h2-5,12,17H,6-9H2,1H3;1H/t12-;/m1./s1. The van der Waals surface area contributed by atoms with Crippen LogP contribution >= 0.6 is 12.4 Å². The van der Waals surface area contributed by atoms with Gasteiger partial charge in [-0.15, -0.1) is 12.4 Å². The lowest BCUT2D eigenvalue weighted by Gasteiger charge is -2.36. The van der Waals surface area contributed by atoms with Crippen molar-refractivity contribution in [1.82, 2.24) is 10.2 Å². The van der Waals surface area contributed by atoms with Gasteiger partial charge < -0.3 is 10.1 Å². The number of benzene rings is 1. The largest absolute Gasteiger partial charge is 0.496 e. The molecule has 0 aromatic heterocycles. The van der Waals surface area contributed by atoms with Crippen LogP contribution in [0.3, 0.4) is 0 Å². The maximum Gasteiger partial charge on any atom is 0.408 e. The minimum absolute atomic E-state index is 0. The Morgan fingerprint density at radius 3 is 2.35 bits per heavy atom. The van der Waals surface area contributed by atoms with E-state index in [1.54, 1.807) is 18.2 Å². The highest BCUT2D eigenvalue weighted by molar-refractivity contribution is 5.85. The Morgan fingerprint density at radius 2 is 1.80 bits per heavy atom. The molecule has 3 nitrogen and oxygen atoms in total. The first-order valence-corrected chi connectivity index (χ1v) is 6.18. The third-order valence-corrected chi connectivity index (χ3v) is 3.26. The molecule has 0 unspecified atom stereocenters. The minimum Gasteiger partial charge on any atom is -0.496 e. The predicted molar refractivity (Wildman–Crippen MR) is 73.5 cm³/mol. The zero-order chi connectivity index (χ0) is 13.9. The highest BCUT2D eigenvalue weighted by Gasteiger charge is 2.46. The summed E-state index contributed by atoms with van der Waals surface area (Å²) < 4.78 is 45.2. The number of nitrogens with one attached hydrogen (secondary N) is 1. The zero-order valence-electron chi connectivity index (χ0n) is 11.1. The van der Waals surface area contributed by atoms with Gasteiger partial charge in [0, 0.05) is 31.7 Å². The molecule has 1 aromatic carbocycles. The second-order valence-corrected chi connectivity index (χ2v) is 4.47. The highest BCUT2D eigenvalue weighted by atomic mass is 35.5. The van der Waals surface area contributed by atoms with Crippen molar-refractivity contribution in [3.63, 3.8) is 0 Å². The van der Waals surface area contributed by atoms with Crippen molar-refractivity contribution in [3.05, 3.63) is 29.8 Å². The topological polar surface area (TPSA) is 24.5 Å². The Morgan fingerprint density at radius 1 is 1.20 bits per heavy atom. The fourth-order valence-electron chi connectivity index (χ4n) is 2.41. The number of hydrogen-bond acceptors (Lipinski definition) is 3. The van der Waals surface area contributed by atoms with Crippen molar-refractivity contribution < 1.29 is 17.9 Å². The number of para-hydroxylation sites is 1. The molecule has 20 heavy (non-hydrogen) atoms. The number of alkyl halides is 3. The number of piperazine rings is 1. The number of nitrogens with zero attached hydrogens (tertiary/aromatic N) is 1. The Kier molecular flexibility index (Phi) is 6.10. The number of hydrogen-bond donors (Lipinski definition) is 1. The van der Waals surface area contributed by atoms with Gasteiger partial charge in [0.25, 0.3) is 0 Å². The molecule has 0 bridgehead atoms. The van der Waals surface area contributed by atoms with E-state index in [1.165, 1.54) is 18.1 Å². The lowest BCUT2D eigenvalue weighted by molar-refractivity contribution is -0.188. The van der Waals surface area contributed by atoms with E-state index in [9.17, 15) is 13.2 Å². The maximum atomic E-state index is 13.4. The van der Waals surface area contributed by atoms with Crippen LogP contribution in [-0.4, -0.2) is 44.4 Å². The average molecular weight is 311 g/mol. The Balaban J connectivity index is 0.00000200. The van der Waals surface area contributed by atoms with E-state index in [0.717, 1.165) is 0 Å². The second kappa shape index (κ2) is 7.15. The molecule has 7 heteroatoms. The van der Waals surface area contributed by atoms with E-state index in [-0.39, 0.29) is 23.7 Å². The lowest BCUT2D eigenvalue weighted by atomic mass is 10.0. The molecular formula is C13H18ClF3N2O. The van der Waals surface area contributed by atoms with Gasteiger partial charge in [-0.2, -0.15) is 13.2 Å². The molecular weight excluding hydrogens is 293 g/mol. The SMILES string of the molecule is COc1ccccc1[C@@H](N1CCNCC1)C(F)(F)F.Cl. The van der Waals surface area contributed by atoms with Crippen molar-refractivity contribution in [2.75, 3.05) is 33.3 Å². The van der Waals surface area contributed by atoms with Crippen LogP contribution in [0.15, 0.2) is 24.3 Å². The quantitative estimate of drug-likeness (QED) is 0.929. The monoisotopic (exact) mass is 310 g/mol. The van der Waals surface area contributed by atoms with Gasteiger partial charge in [0.15, 0.2) is 0 Å². The third-order valence-electron chi connectivity index (χ3n) is 3.26. The highest BCUT2D eigenvalue weighted by Crippen LogP contribution is 2.41. The van der Waals surface area contributed by atoms with E-state index >= 15 is 0 Å². The summed E-state index contributed by atoms with van der Waals surface area (Å²) in [7, 11) is 1.39. The van der Waals surface area contributed by atoms with Crippen LogP contribution in [0.4, 0.5) is 13.2 Å². The van der Waals surface area contributed by atoms with E-state index in [1.807, 2.05) is 0 Å². The van der Waals surface area contributed by atoms with E-state index < -0.39 is 12.2 Å². The van der Waals surface area contributed by atoms with Crippen molar-refractivity contribution in [3.8, 4) is 5.75 Å². The lowest BCUT2D eigenvalue weighted by Crippen LogP contribution is -2.49. The van der Waals surface area contributed by atoms with Crippen LogP contribution in [0.1, 0.15) is 11.6 Å². The van der Waals surface area contributed by atoms with Crippen molar-refractivity contribution in [2.45, 2.75) is 12.2 Å². The zero-order valence-corrected chi connectivity index (χ0v) is 11.9.